The molecule has 0 saturated heterocycles. The standard InChI is InChI=1S/C12H18N4O9/c13-3-7(17)15-6(2-9(20)21)12(25)16-5(1-8(18)19)11(24)14-4-10(22)23/h5-6H,1-4,13H2,(H,14,24)(H,15,17)(H,16,25)(H,18,19)(H,20,21)(H,22,23). The molecule has 140 valence electrons. The number of carbonyl (C=O) groups is 6. The molecule has 0 rings (SSSR count). The van der Waals surface area contributed by atoms with Crippen molar-refractivity contribution in [1.29, 1.82) is 0 Å². The zero-order valence-electron chi connectivity index (χ0n) is 12.9. The maximum absolute atomic E-state index is 12.0. The molecule has 0 fully saturated rings. The van der Waals surface area contributed by atoms with Gasteiger partial charge in [-0.2, -0.15) is 0 Å². The largest absolute Gasteiger partial charge is 0.481 e. The summed E-state index contributed by atoms with van der Waals surface area (Å²) in [5.74, 6) is -7.39. The first-order chi connectivity index (χ1) is 11.6. The average molecular weight is 362 g/mol. The molecule has 0 aromatic carbocycles. The molecule has 25 heavy (non-hydrogen) atoms. The van der Waals surface area contributed by atoms with Gasteiger partial charge in [-0.3, -0.25) is 28.8 Å². The Kier molecular flexibility index (Phi) is 9.18. The second-order valence-corrected chi connectivity index (χ2v) is 4.69. The summed E-state index contributed by atoms with van der Waals surface area (Å²) >= 11 is 0. The van der Waals surface area contributed by atoms with Gasteiger partial charge in [-0.15, -0.1) is 0 Å². The molecule has 0 bridgehead atoms. The summed E-state index contributed by atoms with van der Waals surface area (Å²) in [6.45, 7) is -1.34. The second-order valence-electron chi connectivity index (χ2n) is 4.69. The molecule has 0 spiro atoms. The third-order valence-electron chi connectivity index (χ3n) is 2.64. The smallest absolute Gasteiger partial charge is 0.322 e. The first-order valence-electron chi connectivity index (χ1n) is 6.79. The zero-order valence-corrected chi connectivity index (χ0v) is 12.9. The number of carbonyl (C=O) groups excluding carboxylic acids is 3. The maximum atomic E-state index is 12.0. The van der Waals surface area contributed by atoms with Gasteiger partial charge in [0, 0.05) is 0 Å². The van der Waals surface area contributed by atoms with Gasteiger partial charge in [0.1, 0.15) is 18.6 Å². The average Bonchev–Trinajstić information content (AvgIpc) is 2.49. The third kappa shape index (κ3) is 9.50. The van der Waals surface area contributed by atoms with Crippen molar-refractivity contribution in [3.05, 3.63) is 0 Å². The van der Waals surface area contributed by atoms with Gasteiger partial charge < -0.3 is 37.0 Å². The number of rotatable bonds is 11. The number of hydrogen-bond donors (Lipinski definition) is 7. The molecule has 0 radical (unpaired) electrons. The molecule has 0 aliphatic heterocycles. The molecule has 0 aliphatic carbocycles. The Bertz CT molecular complexity index is 563. The summed E-state index contributed by atoms with van der Waals surface area (Å²) in [6, 6.07) is -3.27. The van der Waals surface area contributed by atoms with Gasteiger partial charge in [-0.05, 0) is 0 Å². The monoisotopic (exact) mass is 362 g/mol. The molecule has 2 atom stereocenters. The van der Waals surface area contributed by atoms with Crippen molar-refractivity contribution in [2.45, 2.75) is 24.9 Å². The van der Waals surface area contributed by atoms with Crippen molar-refractivity contribution < 1.29 is 44.1 Å². The fourth-order valence-corrected chi connectivity index (χ4v) is 1.58. The van der Waals surface area contributed by atoms with Gasteiger partial charge in [0.2, 0.25) is 17.7 Å². The van der Waals surface area contributed by atoms with Crippen LogP contribution in [0.3, 0.4) is 0 Å². The van der Waals surface area contributed by atoms with E-state index >= 15 is 0 Å². The van der Waals surface area contributed by atoms with Crippen molar-refractivity contribution in [2.24, 2.45) is 5.73 Å². The lowest BCUT2D eigenvalue weighted by molar-refractivity contribution is -0.143. The van der Waals surface area contributed by atoms with Crippen LogP contribution < -0.4 is 21.7 Å². The highest BCUT2D eigenvalue weighted by Crippen LogP contribution is 1.99. The van der Waals surface area contributed by atoms with E-state index in [1.807, 2.05) is 16.0 Å². The van der Waals surface area contributed by atoms with Crippen LogP contribution in [0.15, 0.2) is 0 Å². The fraction of sp³-hybridized carbons (Fsp3) is 0.500. The lowest BCUT2D eigenvalue weighted by Gasteiger charge is -2.21. The molecular formula is C12H18N4O9. The van der Waals surface area contributed by atoms with Gasteiger partial charge in [0.05, 0.1) is 19.4 Å². The van der Waals surface area contributed by atoms with Crippen LogP contribution in [0.2, 0.25) is 0 Å². The van der Waals surface area contributed by atoms with E-state index in [9.17, 15) is 28.8 Å². The predicted octanol–water partition coefficient (Wildman–Crippen LogP) is -3.94. The minimum absolute atomic E-state index is 0.527. The van der Waals surface area contributed by atoms with E-state index in [2.05, 4.69) is 0 Å². The third-order valence-corrected chi connectivity index (χ3v) is 2.64. The fourth-order valence-electron chi connectivity index (χ4n) is 1.58. The Hall–Kier alpha value is -3.22. The van der Waals surface area contributed by atoms with E-state index in [1.54, 1.807) is 0 Å². The van der Waals surface area contributed by atoms with Crippen LogP contribution in [0.4, 0.5) is 0 Å². The second kappa shape index (κ2) is 10.5. The number of nitrogens with one attached hydrogen (secondary N) is 3. The van der Waals surface area contributed by atoms with Crippen LogP contribution in [0.25, 0.3) is 0 Å². The van der Waals surface area contributed by atoms with Gasteiger partial charge in [0.15, 0.2) is 0 Å². The summed E-state index contributed by atoms with van der Waals surface area (Å²) in [4.78, 5) is 67.0. The molecule has 0 aliphatic rings. The molecule has 3 amide bonds. The Labute approximate surface area is 140 Å². The summed E-state index contributed by atoms with van der Waals surface area (Å²) in [7, 11) is 0. The number of nitrogens with two attached hydrogens (primary N) is 1. The van der Waals surface area contributed by atoms with Crippen molar-refractivity contribution in [1.82, 2.24) is 16.0 Å². The number of aliphatic carboxylic acids is 3. The molecule has 0 aromatic heterocycles. The highest BCUT2D eigenvalue weighted by molar-refractivity contribution is 5.96. The van der Waals surface area contributed by atoms with Gasteiger partial charge in [-0.25, -0.2) is 0 Å². The summed E-state index contributed by atoms with van der Waals surface area (Å²) < 4.78 is 0. The molecule has 0 aromatic rings. The Morgan fingerprint density at radius 1 is 0.760 bits per heavy atom. The number of carboxylic acids is 3. The van der Waals surface area contributed by atoms with E-state index in [4.69, 9.17) is 21.1 Å². The van der Waals surface area contributed by atoms with Crippen LogP contribution in [-0.4, -0.2) is 76.1 Å². The van der Waals surface area contributed by atoms with E-state index in [-0.39, 0.29) is 0 Å². The first kappa shape index (κ1) is 21.8. The highest BCUT2D eigenvalue weighted by Gasteiger charge is 2.29. The van der Waals surface area contributed by atoms with Gasteiger partial charge >= 0.3 is 17.9 Å². The highest BCUT2D eigenvalue weighted by atomic mass is 16.4. The van der Waals surface area contributed by atoms with E-state index in [1.165, 1.54) is 0 Å². The number of hydrogen-bond acceptors (Lipinski definition) is 7. The van der Waals surface area contributed by atoms with E-state index < -0.39 is 73.6 Å². The van der Waals surface area contributed by atoms with Crippen LogP contribution in [-0.2, 0) is 28.8 Å². The predicted molar refractivity (Wildman–Crippen MR) is 78.1 cm³/mol. The molecule has 13 nitrogen and oxygen atoms in total. The maximum Gasteiger partial charge on any atom is 0.322 e. The lowest BCUT2D eigenvalue weighted by Crippen LogP contribution is -2.55. The molecule has 2 unspecified atom stereocenters. The number of carboxylic acid groups (broad SMARTS) is 3. The number of amides is 3. The minimum Gasteiger partial charge on any atom is -0.481 e. The summed E-state index contributed by atoms with van der Waals surface area (Å²) in [5, 5.41) is 31.9. The molecule has 0 saturated carbocycles. The Morgan fingerprint density at radius 3 is 1.64 bits per heavy atom. The van der Waals surface area contributed by atoms with Crippen molar-refractivity contribution >= 4 is 35.6 Å². The van der Waals surface area contributed by atoms with Crippen molar-refractivity contribution in [3.8, 4) is 0 Å². The SMILES string of the molecule is NCC(=O)NC(CC(=O)O)C(=O)NC(CC(=O)O)C(=O)NCC(=O)O. The van der Waals surface area contributed by atoms with E-state index in [0.29, 0.717) is 0 Å². The normalized spacial score (nSPS) is 12.4. The summed E-state index contributed by atoms with van der Waals surface area (Å²) in [6.07, 6.45) is -1.73. The van der Waals surface area contributed by atoms with Gasteiger partial charge in [-0.1, -0.05) is 0 Å². The molecular weight excluding hydrogens is 344 g/mol. The van der Waals surface area contributed by atoms with Crippen LogP contribution >= 0.6 is 0 Å². The topological polar surface area (TPSA) is 225 Å². The Morgan fingerprint density at radius 2 is 1.24 bits per heavy atom. The molecule has 8 N–H and O–H groups in total. The quantitative estimate of drug-likeness (QED) is 0.189. The first-order valence-corrected chi connectivity index (χ1v) is 6.79. The van der Waals surface area contributed by atoms with Gasteiger partial charge in [0.25, 0.3) is 0 Å². The van der Waals surface area contributed by atoms with Crippen LogP contribution in [0.1, 0.15) is 12.8 Å². The summed E-state index contributed by atoms with van der Waals surface area (Å²) in [5.41, 5.74) is 5.05. The zero-order chi connectivity index (χ0) is 19.6. The molecule has 13 heteroatoms. The van der Waals surface area contributed by atoms with E-state index in [0.717, 1.165) is 0 Å². The van der Waals surface area contributed by atoms with Crippen molar-refractivity contribution in [2.75, 3.05) is 13.1 Å². The van der Waals surface area contributed by atoms with Crippen LogP contribution in [0.5, 0.6) is 0 Å². The lowest BCUT2D eigenvalue weighted by atomic mass is 10.1. The van der Waals surface area contributed by atoms with Crippen LogP contribution in [0, 0.1) is 0 Å². The Balaban J connectivity index is 5.12. The minimum atomic E-state index is -1.67. The molecule has 0 heterocycles. The van der Waals surface area contributed by atoms with Crippen molar-refractivity contribution in [3.63, 3.8) is 0 Å².